The zero-order chi connectivity index (χ0) is 12.3. The first kappa shape index (κ1) is 11.8. The lowest BCUT2D eigenvalue weighted by Crippen LogP contribution is -2.34. The Morgan fingerprint density at radius 1 is 1.41 bits per heavy atom. The van der Waals surface area contributed by atoms with Crippen LogP contribution in [0.1, 0.15) is 12.8 Å². The van der Waals surface area contributed by atoms with Gasteiger partial charge in [0.15, 0.2) is 0 Å². The minimum absolute atomic E-state index is 0.184. The van der Waals surface area contributed by atoms with Crippen LogP contribution in [0.4, 0.5) is 5.82 Å². The van der Waals surface area contributed by atoms with Gasteiger partial charge in [0.05, 0.1) is 0 Å². The van der Waals surface area contributed by atoms with E-state index in [9.17, 15) is 9.59 Å². The van der Waals surface area contributed by atoms with Crippen molar-refractivity contribution in [2.45, 2.75) is 12.8 Å². The molecule has 0 aliphatic carbocycles. The summed E-state index contributed by atoms with van der Waals surface area (Å²) in [7, 11) is 2.11. The van der Waals surface area contributed by atoms with Gasteiger partial charge in [0, 0.05) is 6.54 Å². The molecule has 0 radical (unpaired) electrons. The molecule has 0 amide bonds. The predicted molar refractivity (Wildman–Crippen MR) is 64.2 cm³/mol. The summed E-state index contributed by atoms with van der Waals surface area (Å²) in [4.78, 5) is 26.6. The van der Waals surface area contributed by atoms with Crippen LogP contribution >= 0.6 is 0 Å². The molecule has 1 saturated heterocycles. The molecule has 0 atom stereocenters. The molecule has 0 spiro atoms. The molecule has 94 valence electrons. The minimum Gasteiger partial charge on any atom is -0.364 e. The van der Waals surface area contributed by atoms with Gasteiger partial charge in [0.25, 0.3) is 5.56 Å². The second-order valence-electron chi connectivity index (χ2n) is 4.48. The Bertz CT molecular complexity index is 472. The number of hydrogen-bond acceptors (Lipinski definition) is 5. The lowest BCUT2D eigenvalue weighted by molar-refractivity contribution is 0.226. The zero-order valence-corrected chi connectivity index (χ0v) is 9.82. The van der Waals surface area contributed by atoms with Crippen molar-refractivity contribution < 1.29 is 0 Å². The predicted octanol–water partition coefficient (Wildman–Crippen LogP) is -0.788. The van der Waals surface area contributed by atoms with E-state index in [4.69, 9.17) is 0 Å². The summed E-state index contributed by atoms with van der Waals surface area (Å²) >= 11 is 0. The molecule has 1 aromatic heterocycles. The highest BCUT2D eigenvalue weighted by atomic mass is 16.2. The molecule has 7 nitrogen and oxygen atoms in total. The maximum atomic E-state index is 11.4. The van der Waals surface area contributed by atoms with E-state index in [1.807, 2.05) is 0 Å². The lowest BCUT2D eigenvalue weighted by atomic mass is 9.97. The summed E-state index contributed by atoms with van der Waals surface area (Å²) in [6.45, 7) is 2.89. The van der Waals surface area contributed by atoms with Crippen molar-refractivity contribution in [3.63, 3.8) is 0 Å². The molecule has 1 aromatic rings. The molecule has 7 heteroatoms. The van der Waals surface area contributed by atoms with Crippen LogP contribution in [-0.2, 0) is 0 Å². The van der Waals surface area contributed by atoms with Crippen molar-refractivity contribution in [1.29, 1.82) is 0 Å². The smallest absolute Gasteiger partial charge is 0.342 e. The Morgan fingerprint density at radius 3 is 2.76 bits per heavy atom. The summed E-state index contributed by atoms with van der Waals surface area (Å²) in [5, 5.41) is 8.86. The summed E-state index contributed by atoms with van der Waals surface area (Å²) in [6, 6.07) is 0. The molecule has 2 heterocycles. The van der Waals surface area contributed by atoms with Crippen LogP contribution < -0.4 is 16.6 Å². The standard InChI is InChI=1S/C10H17N5O2/c1-15-4-2-7(3-5-15)6-11-8-9(16)12-10(17)14-13-8/h7H,2-6H2,1H3,(H,11,13)(H2,12,14,16,17). The lowest BCUT2D eigenvalue weighted by Gasteiger charge is -2.28. The first-order valence-electron chi connectivity index (χ1n) is 5.76. The molecule has 17 heavy (non-hydrogen) atoms. The number of nitrogens with zero attached hydrogens (tertiary/aromatic N) is 2. The molecule has 1 aliphatic heterocycles. The Balaban J connectivity index is 1.89. The number of piperidine rings is 1. The fourth-order valence-corrected chi connectivity index (χ4v) is 1.97. The van der Waals surface area contributed by atoms with Gasteiger partial charge < -0.3 is 10.2 Å². The Labute approximate surface area is 98.2 Å². The van der Waals surface area contributed by atoms with Crippen LogP contribution in [0.25, 0.3) is 0 Å². The number of likely N-dealkylation sites (tertiary alicyclic amines) is 1. The number of aromatic amines is 2. The van der Waals surface area contributed by atoms with Gasteiger partial charge in [-0.3, -0.25) is 9.78 Å². The second kappa shape index (κ2) is 5.13. The average molecular weight is 239 g/mol. The van der Waals surface area contributed by atoms with Gasteiger partial charge in [0.2, 0.25) is 5.82 Å². The van der Waals surface area contributed by atoms with Crippen LogP contribution in [-0.4, -0.2) is 46.8 Å². The van der Waals surface area contributed by atoms with Crippen LogP contribution in [0.5, 0.6) is 0 Å². The molecular formula is C10H17N5O2. The van der Waals surface area contributed by atoms with Crippen molar-refractivity contribution in [2.75, 3.05) is 32.0 Å². The normalized spacial score (nSPS) is 18.2. The number of hydrogen-bond donors (Lipinski definition) is 3. The molecular weight excluding hydrogens is 222 g/mol. The molecule has 0 aromatic carbocycles. The third-order valence-electron chi connectivity index (χ3n) is 3.11. The summed E-state index contributed by atoms with van der Waals surface area (Å²) in [5.41, 5.74) is -1.05. The third kappa shape index (κ3) is 3.16. The third-order valence-corrected chi connectivity index (χ3v) is 3.11. The topological polar surface area (TPSA) is 93.9 Å². The molecule has 2 rings (SSSR count). The van der Waals surface area contributed by atoms with E-state index in [0.29, 0.717) is 5.92 Å². The molecule has 0 unspecified atom stereocenters. The van der Waals surface area contributed by atoms with E-state index in [-0.39, 0.29) is 5.82 Å². The first-order valence-corrected chi connectivity index (χ1v) is 5.76. The Kier molecular flexibility index (Phi) is 3.58. The highest BCUT2D eigenvalue weighted by Gasteiger charge is 2.16. The summed E-state index contributed by atoms with van der Waals surface area (Å²) in [6.07, 6.45) is 2.23. The molecule has 3 N–H and O–H groups in total. The van der Waals surface area contributed by atoms with Gasteiger partial charge in [-0.05, 0) is 38.9 Å². The van der Waals surface area contributed by atoms with E-state index in [1.165, 1.54) is 0 Å². The maximum absolute atomic E-state index is 11.4. The van der Waals surface area contributed by atoms with E-state index in [2.05, 4.69) is 32.4 Å². The van der Waals surface area contributed by atoms with E-state index in [0.717, 1.165) is 32.5 Å². The van der Waals surface area contributed by atoms with E-state index < -0.39 is 11.2 Å². The van der Waals surface area contributed by atoms with Crippen LogP contribution in [0.15, 0.2) is 9.59 Å². The van der Waals surface area contributed by atoms with E-state index in [1.54, 1.807) is 0 Å². The van der Waals surface area contributed by atoms with Crippen LogP contribution in [0.3, 0.4) is 0 Å². The molecule has 0 saturated carbocycles. The quantitative estimate of drug-likeness (QED) is 0.643. The zero-order valence-electron chi connectivity index (χ0n) is 9.82. The first-order chi connectivity index (χ1) is 8.15. The molecule has 0 bridgehead atoms. The van der Waals surface area contributed by atoms with Gasteiger partial charge >= 0.3 is 5.69 Å². The van der Waals surface area contributed by atoms with E-state index >= 15 is 0 Å². The monoisotopic (exact) mass is 239 g/mol. The highest BCUT2D eigenvalue weighted by Crippen LogP contribution is 2.15. The summed E-state index contributed by atoms with van der Waals surface area (Å²) < 4.78 is 0. The number of aromatic nitrogens is 3. The van der Waals surface area contributed by atoms with Gasteiger partial charge in [-0.1, -0.05) is 0 Å². The maximum Gasteiger partial charge on any atom is 0.342 e. The van der Waals surface area contributed by atoms with Gasteiger partial charge in [-0.15, -0.1) is 5.10 Å². The fourth-order valence-electron chi connectivity index (χ4n) is 1.97. The highest BCUT2D eigenvalue weighted by molar-refractivity contribution is 5.28. The van der Waals surface area contributed by atoms with Crippen LogP contribution in [0, 0.1) is 5.92 Å². The minimum atomic E-state index is -0.583. The number of H-pyrrole nitrogens is 2. The fraction of sp³-hybridized carbons (Fsp3) is 0.700. The van der Waals surface area contributed by atoms with Gasteiger partial charge in [-0.2, -0.15) is 0 Å². The van der Waals surface area contributed by atoms with Crippen molar-refractivity contribution in [2.24, 2.45) is 5.92 Å². The van der Waals surface area contributed by atoms with Crippen molar-refractivity contribution >= 4 is 5.82 Å². The van der Waals surface area contributed by atoms with Gasteiger partial charge in [-0.25, -0.2) is 9.89 Å². The second-order valence-corrected chi connectivity index (χ2v) is 4.48. The average Bonchev–Trinajstić information content (AvgIpc) is 2.30. The number of anilines is 1. The SMILES string of the molecule is CN1CCC(CNc2n[nH]c(=O)[nH]c2=O)CC1. The van der Waals surface area contributed by atoms with Crippen molar-refractivity contribution in [3.05, 3.63) is 20.8 Å². The Hall–Kier alpha value is -1.63. The van der Waals surface area contributed by atoms with Crippen molar-refractivity contribution in [1.82, 2.24) is 20.1 Å². The number of rotatable bonds is 3. The number of nitrogens with one attached hydrogen (secondary N) is 3. The molecule has 1 aliphatic rings. The van der Waals surface area contributed by atoms with Crippen molar-refractivity contribution in [3.8, 4) is 0 Å². The Morgan fingerprint density at radius 2 is 2.12 bits per heavy atom. The summed E-state index contributed by atoms with van der Waals surface area (Å²) in [5.74, 6) is 0.739. The molecule has 1 fully saturated rings. The van der Waals surface area contributed by atoms with Gasteiger partial charge in [0.1, 0.15) is 0 Å². The van der Waals surface area contributed by atoms with Crippen LogP contribution in [0.2, 0.25) is 0 Å². The largest absolute Gasteiger partial charge is 0.364 e.